The molecule has 0 aromatic carbocycles. The minimum Gasteiger partial charge on any atom is -0.460 e. The molecule has 0 radical (unpaired) electrons. The second-order valence-electron chi connectivity index (χ2n) is 7.79. The standard InChI is InChI=1S/C24H24N6O3/c1-15(2)30-14-18(7-9-21(30)31)19-13-26-23(28-22(19)20-8-6-16(3)33-20)29-24(32)27-12-17-5-4-10-25-11-17/h4-11,13-15H,12H2,1-3H3,(H2,26,27,28,29,32). The fourth-order valence-corrected chi connectivity index (χ4v) is 3.30. The third-order valence-corrected chi connectivity index (χ3v) is 4.97. The molecule has 33 heavy (non-hydrogen) atoms. The van der Waals surface area contributed by atoms with Crippen molar-refractivity contribution in [2.75, 3.05) is 5.32 Å². The number of amides is 2. The molecule has 0 saturated heterocycles. The maximum Gasteiger partial charge on any atom is 0.321 e. The van der Waals surface area contributed by atoms with Crippen LogP contribution in [0, 0.1) is 6.92 Å². The average Bonchev–Trinajstić information content (AvgIpc) is 3.25. The van der Waals surface area contributed by atoms with Crippen LogP contribution in [-0.2, 0) is 6.54 Å². The molecule has 0 spiro atoms. The lowest BCUT2D eigenvalue weighted by Crippen LogP contribution is -2.29. The Morgan fingerprint density at radius 3 is 2.70 bits per heavy atom. The monoisotopic (exact) mass is 444 g/mol. The van der Waals surface area contributed by atoms with E-state index in [2.05, 4.69) is 25.6 Å². The summed E-state index contributed by atoms with van der Waals surface area (Å²) in [4.78, 5) is 37.5. The number of hydrogen-bond donors (Lipinski definition) is 2. The van der Waals surface area contributed by atoms with E-state index in [-0.39, 0.29) is 17.5 Å². The largest absolute Gasteiger partial charge is 0.460 e. The van der Waals surface area contributed by atoms with Gasteiger partial charge in [0.1, 0.15) is 11.5 Å². The van der Waals surface area contributed by atoms with Crippen LogP contribution in [0.1, 0.15) is 31.2 Å². The number of anilines is 1. The number of carbonyl (C=O) groups is 1. The van der Waals surface area contributed by atoms with Gasteiger partial charge in [0.25, 0.3) is 5.56 Å². The summed E-state index contributed by atoms with van der Waals surface area (Å²) in [6.07, 6.45) is 6.74. The van der Waals surface area contributed by atoms with Crippen LogP contribution in [0.25, 0.3) is 22.6 Å². The van der Waals surface area contributed by atoms with Crippen LogP contribution in [0.4, 0.5) is 10.7 Å². The van der Waals surface area contributed by atoms with Gasteiger partial charge in [0.15, 0.2) is 5.76 Å². The quantitative estimate of drug-likeness (QED) is 0.461. The zero-order valence-corrected chi connectivity index (χ0v) is 18.6. The predicted molar refractivity (Wildman–Crippen MR) is 125 cm³/mol. The van der Waals surface area contributed by atoms with E-state index in [0.29, 0.717) is 23.6 Å². The SMILES string of the molecule is Cc1ccc(-c2nc(NC(=O)NCc3cccnc3)ncc2-c2ccc(=O)n(C(C)C)c2)o1. The molecule has 4 aromatic heterocycles. The molecule has 0 unspecified atom stereocenters. The van der Waals surface area contributed by atoms with Gasteiger partial charge in [-0.3, -0.25) is 15.1 Å². The first-order chi connectivity index (χ1) is 15.9. The van der Waals surface area contributed by atoms with Gasteiger partial charge in [-0.25, -0.2) is 14.8 Å². The molecule has 0 aliphatic heterocycles. The van der Waals surface area contributed by atoms with Crippen molar-refractivity contribution in [1.82, 2.24) is 24.8 Å². The molecule has 0 fully saturated rings. The second kappa shape index (κ2) is 9.47. The minimum atomic E-state index is -0.443. The summed E-state index contributed by atoms with van der Waals surface area (Å²) in [7, 11) is 0. The summed E-state index contributed by atoms with van der Waals surface area (Å²) in [6.45, 7) is 6.04. The fraction of sp³-hybridized carbons (Fsp3) is 0.208. The molecule has 0 aliphatic carbocycles. The third-order valence-electron chi connectivity index (χ3n) is 4.97. The van der Waals surface area contributed by atoms with Gasteiger partial charge in [0.05, 0.1) is 0 Å². The maximum atomic E-state index is 12.4. The molecule has 0 aliphatic rings. The Balaban J connectivity index is 1.64. The van der Waals surface area contributed by atoms with Crippen molar-refractivity contribution < 1.29 is 9.21 Å². The zero-order chi connectivity index (χ0) is 23.4. The summed E-state index contributed by atoms with van der Waals surface area (Å²) in [6, 6.07) is 10.1. The Morgan fingerprint density at radius 1 is 1.15 bits per heavy atom. The topological polar surface area (TPSA) is 115 Å². The van der Waals surface area contributed by atoms with Crippen LogP contribution < -0.4 is 16.2 Å². The van der Waals surface area contributed by atoms with E-state index in [1.165, 1.54) is 6.07 Å². The number of aryl methyl sites for hydroxylation is 1. The number of pyridine rings is 2. The average molecular weight is 444 g/mol. The van der Waals surface area contributed by atoms with Gasteiger partial charge in [-0.1, -0.05) is 6.07 Å². The first-order valence-electron chi connectivity index (χ1n) is 10.5. The molecular weight excluding hydrogens is 420 g/mol. The smallest absolute Gasteiger partial charge is 0.321 e. The first-order valence-corrected chi connectivity index (χ1v) is 10.5. The number of carbonyl (C=O) groups excluding carboxylic acids is 1. The molecule has 4 heterocycles. The van der Waals surface area contributed by atoms with Crippen molar-refractivity contribution in [3.63, 3.8) is 0 Å². The van der Waals surface area contributed by atoms with Crippen LogP contribution in [0.15, 0.2) is 70.4 Å². The Labute approximate surface area is 190 Å². The van der Waals surface area contributed by atoms with Gasteiger partial charge >= 0.3 is 6.03 Å². The second-order valence-corrected chi connectivity index (χ2v) is 7.79. The summed E-state index contributed by atoms with van der Waals surface area (Å²) in [5, 5.41) is 5.41. The van der Waals surface area contributed by atoms with Crippen molar-refractivity contribution in [2.45, 2.75) is 33.4 Å². The van der Waals surface area contributed by atoms with Crippen molar-refractivity contribution in [2.24, 2.45) is 0 Å². The number of hydrogen-bond acceptors (Lipinski definition) is 6. The molecule has 0 saturated carbocycles. The van der Waals surface area contributed by atoms with Gasteiger partial charge in [-0.2, -0.15) is 0 Å². The predicted octanol–water partition coefficient (Wildman–Crippen LogP) is 4.17. The number of nitrogens with one attached hydrogen (secondary N) is 2. The third kappa shape index (κ3) is 5.15. The lowest BCUT2D eigenvalue weighted by Gasteiger charge is -2.14. The molecule has 168 valence electrons. The molecule has 2 N–H and O–H groups in total. The van der Waals surface area contributed by atoms with Gasteiger partial charge in [0, 0.05) is 54.6 Å². The highest BCUT2D eigenvalue weighted by Crippen LogP contribution is 2.31. The number of aromatic nitrogens is 4. The summed E-state index contributed by atoms with van der Waals surface area (Å²) >= 11 is 0. The van der Waals surface area contributed by atoms with E-state index in [0.717, 1.165) is 16.9 Å². The first kappa shape index (κ1) is 21.9. The number of nitrogens with zero attached hydrogens (tertiary/aromatic N) is 4. The molecule has 2 amide bonds. The molecule has 4 aromatic rings. The molecule has 9 nitrogen and oxygen atoms in total. The van der Waals surface area contributed by atoms with Crippen LogP contribution in [-0.4, -0.2) is 25.6 Å². The van der Waals surface area contributed by atoms with Crippen LogP contribution in [0.2, 0.25) is 0 Å². The van der Waals surface area contributed by atoms with E-state index in [1.807, 2.05) is 39.0 Å². The maximum absolute atomic E-state index is 12.4. The van der Waals surface area contributed by atoms with Gasteiger partial charge in [-0.05, 0) is 50.6 Å². The van der Waals surface area contributed by atoms with Gasteiger partial charge < -0.3 is 14.3 Å². The van der Waals surface area contributed by atoms with Crippen molar-refractivity contribution in [3.05, 3.63) is 82.9 Å². The fourth-order valence-electron chi connectivity index (χ4n) is 3.30. The Morgan fingerprint density at radius 2 is 2.00 bits per heavy atom. The lowest BCUT2D eigenvalue weighted by atomic mass is 10.1. The molecule has 0 atom stereocenters. The molecule has 4 rings (SSSR count). The summed E-state index contributed by atoms with van der Waals surface area (Å²) < 4.78 is 7.45. The number of rotatable bonds is 6. The van der Waals surface area contributed by atoms with Crippen LogP contribution >= 0.6 is 0 Å². The molecule has 9 heteroatoms. The number of urea groups is 1. The highest BCUT2D eigenvalue weighted by Gasteiger charge is 2.17. The van der Waals surface area contributed by atoms with Crippen LogP contribution in [0.3, 0.4) is 0 Å². The highest BCUT2D eigenvalue weighted by atomic mass is 16.3. The Kier molecular flexibility index (Phi) is 6.30. The van der Waals surface area contributed by atoms with Gasteiger partial charge in [0.2, 0.25) is 5.95 Å². The van der Waals surface area contributed by atoms with Crippen molar-refractivity contribution in [1.29, 1.82) is 0 Å². The summed E-state index contributed by atoms with van der Waals surface area (Å²) in [5.41, 5.74) is 2.74. The lowest BCUT2D eigenvalue weighted by molar-refractivity contribution is 0.251. The normalized spacial score (nSPS) is 10.9. The Hall–Kier alpha value is -4.27. The zero-order valence-electron chi connectivity index (χ0n) is 18.6. The Bertz CT molecular complexity index is 1330. The van der Waals surface area contributed by atoms with E-state index >= 15 is 0 Å². The van der Waals surface area contributed by atoms with E-state index in [4.69, 9.17) is 4.42 Å². The summed E-state index contributed by atoms with van der Waals surface area (Å²) in [5.74, 6) is 1.39. The van der Waals surface area contributed by atoms with E-state index in [1.54, 1.807) is 41.5 Å². The van der Waals surface area contributed by atoms with Gasteiger partial charge in [-0.15, -0.1) is 0 Å². The number of furan rings is 1. The minimum absolute atomic E-state index is 0.00266. The highest BCUT2D eigenvalue weighted by molar-refractivity contribution is 5.88. The van der Waals surface area contributed by atoms with Crippen molar-refractivity contribution >= 4 is 12.0 Å². The van der Waals surface area contributed by atoms with Crippen LogP contribution in [0.5, 0.6) is 0 Å². The van der Waals surface area contributed by atoms with Crippen molar-refractivity contribution in [3.8, 4) is 22.6 Å². The molecule has 0 bridgehead atoms. The van der Waals surface area contributed by atoms with E-state index in [9.17, 15) is 9.59 Å². The molecular formula is C24H24N6O3. The van der Waals surface area contributed by atoms with E-state index < -0.39 is 6.03 Å².